The van der Waals surface area contributed by atoms with Crippen LogP contribution in [-0.2, 0) is 21.9 Å². The molecule has 1 amide bonds. The molecule has 0 atom stereocenters. The topological polar surface area (TPSA) is 137 Å². The number of sulfonamides is 1. The first kappa shape index (κ1) is 22.2. The maximum Gasteiger partial charge on any atom is 0.252 e. The number of rotatable bonds is 5. The summed E-state index contributed by atoms with van der Waals surface area (Å²) in [6.07, 6.45) is 4.28. The summed E-state index contributed by atoms with van der Waals surface area (Å²) in [5, 5.41) is 14.7. The molecule has 0 unspecified atom stereocenters. The Kier molecular flexibility index (Phi) is 6.56. The van der Waals surface area contributed by atoms with E-state index in [1.807, 2.05) is 13.0 Å². The molecule has 0 radical (unpaired) electrons. The fourth-order valence-electron chi connectivity index (χ4n) is 3.08. The summed E-state index contributed by atoms with van der Waals surface area (Å²) in [5.74, 6) is 0. The zero-order chi connectivity index (χ0) is 22.6. The number of aryl methyl sites for hydroxylation is 2. The van der Waals surface area contributed by atoms with Crippen molar-refractivity contribution in [3.05, 3.63) is 58.1 Å². The molecule has 31 heavy (non-hydrogen) atoms. The molecule has 1 fully saturated rings. The zero-order valence-electron chi connectivity index (χ0n) is 17.1. The number of hydrogen-bond donors (Lipinski definition) is 3. The van der Waals surface area contributed by atoms with Gasteiger partial charge in [-0.2, -0.15) is 4.31 Å². The number of H-pyrrole nitrogens is 1. The van der Waals surface area contributed by atoms with Crippen LogP contribution in [0.15, 0.2) is 51.4 Å². The van der Waals surface area contributed by atoms with Crippen LogP contribution in [0.1, 0.15) is 17.7 Å². The number of carbonyl (C=O) groups excluding carboxylic acids is 1. The Morgan fingerprint density at radius 1 is 1.23 bits per heavy atom. The van der Waals surface area contributed by atoms with E-state index in [-0.39, 0.29) is 10.5 Å². The highest BCUT2D eigenvalue weighted by Gasteiger charge is 2.31. The van der Waals surface area contributed by atoms with E-state index in [4.69, 9.17) is 5.21 Å². The molecule has 3 heterocycles. The quantitative estimate of drug-likeness (QED) is 0.237. The lowest BCUT2D eigenvalue weighted by Crippen LogP contribution is -2.42. The van der Waals surface area contributed by atoms with Crippen molar-refractivity contribution in [2.45, 2.75) is 18.2 Å². The Hall–Kier alpha value is -3.44. The number of aromatic nitrogens is 2. The first-order chi connectivity index (χ1) is 14.8. The van der Waals surface area contributed by atoms with Crippen molar-refractivity contribution >= 4 is 39.2 Å². The first-order valence-corrected chi connectivity index (χ1v) is 10.9. The minimum atomic E-state index is -3.46. The summed E-state index contributed by atoms with van der Waals surface area (Å²) < 4.78 is 28.0. The minimum Gasteiger partial charge on any atom is -0.411 e. The standard InChI is InChI=1S/C13H15N3O3S.C7H8N2O2/c1-9-5-10-7-11(8-14-17)15-13(10)12(6-9)20(18,19)16-3-2-4-16;1-9-3-2-6(8-5-10)4-7(9)11/h5-8,15,17H,2-4H2,1H3;2-5H,1H3,(H,8,10)/b14-8-;. The van der Waals surface area contributed by atoms with E-state index in [1.165, 1.54) is 21.2 Å². The molecule has 1 aromatic carbocycles. The lowest BCUT2D eigenvalue weighted by molar-refractivity contribution is -0.105. The van der Waals surface area contributed by atoms with Gasteiger partial charge in [-0.05, 0) is 43.2 Å². The van der Waals surface area contributed by atoms with E-state index >= 15 is 0 Å². The van der Waals surface area contributed by atoms with Gasteiger partial charge in [0, 0.05) is 43.5 Å². The smallest absolute Gasteiger partial charge is 0.252 e. The fraction of sp³-hybridized carbons (Fsp3) is 0.250. The molecular formula is C20H23N5O5S. The van der Waals surface area contributed by atoms with E-state index < -0.39 is 10.0 Å². The summed E-state index contributed by atoms with van der Waals surface area (Å²) >= 11 is 0. The molecule has 1 aliphatic rings. The molecule has 2 aromatic heterocycles. The third-order valence-corrected chi connectivity index (χ3v) is 6.74. The SMILES string of the molecule is Cc1cc(S(=O)(=O)N2CCC2)c2[nH]c(/C=N\O)cc2c1.Cn1ccc(NC=O)cc1=O. The van der Waals surface area contributed by atoms with Crippen molar-refractivity contribution in [2.24, 2.45) is 12.2 Å². The zero-order valence-corrected chi connectivity index (χ0v) is 17.9. The van der Waals surface area contributed by atoms with Gasteiger partial charge in [0.25, 0.3) is 5.56 Å². The van der Waals surface area contributed by atoms with Gasteiger partial charge in [0.05, 0.1) is 17.4 Å². The molecule has 3 aromatic rings. The molecule has 164 valence electrons. The van der Waals surface area contributed by atoms with Crippen molar-refractivity contribution in [3.63, 3.8) is 0 Å². The van der Waals surface area contributed by atoms with E-state index in [0.717, 1.165) is 17.4 Å². The number of anilines is 1. The Balaban J connectivity index is 0.000000210. The van der Waals surface area contributed by atoms with Crippen LogP contribution in [0.25, 0.3) is 10.9 Å². The van der Waals surface area contributed by atoms with Crippen LogP contribution < -0.4 is 10.9 Å². The number of nitrogens with one attached hydrogen (secondary N) is 2. The highest BCUT2D eigenvalue weighted by atomic mass is 32.2. The highest BCUT2D eigenvalue weighted by molar-refractivity contribution is 7.89. The normalized spacial score (nSPS) is 14.1. The minimum absolute atomic E-state index is 0.142. The van der Waals surface area contributed by atoms with Gasteiger partial charge < -0.3 is 20.1 Å². The van der Waals surface area contributed by atoms with Gasteiger partial charge in [0.15, 0.2) is 0 Å². The molecule has 0 spiro atoms. The predicted molar refractivity (Wildman–Crippen MR) is 117 cm³/mol. The second-order valence-corrected chi connectivity index (χ2v) is 8.99. The fourth-order valence-corrected chi connectivity index (χ4v) is 4.86. The van der Waals surface area contributed by atoms with Crippen molar-refractivity contribution in [1.82, 2.24) is 13.9 Å². The monoisotopic (exact) mass is 445 g/mol. The van der Waals surface area contributed by atoms with Gasteiger partial charge in [-0.3, -0.25) is 9.59 Å². The van der Waals surface area contributed by atoms with Gasteiger partial charge in [-0.25, -0.2) is 8.42 Å². The van der Waals surface area contributed by atoms with Crippen LogP contribution in [0.2, 0.25) is 0 Å². The number of pyridine rings is 1. The van der Waals surface area contributed by atoms with Gasteiger partial charge in [-0.1, -0.05) is 5.16 Å². The number of oxime groups is 1. The van der Waals surface area contributed by atoms with Crippen LogP contribution >= 0.6 is 0 Å². The van der Waals surface area contributed by atoms with Gasteiger partial charge in [-0.15, -0.1) is 0 Å². The number of aromatic amines is 1. The third-order valence-electron chi connectivity index (χ3n) is 4.82. The Labute approximate surface area is 178 Å². The third kappa shape index (κ3) is 4.84. The van der Waals surface area contributed by atoms with Crippen LogP contribution in [0.5, 0.6) is 0 Å². The summed E-state index contributed by atoms with van der Waals surface area (Å²) in [6.45, 7) is 3.01. The average molecular weight is 446 g/mol. The summed E-state index contributed by atoms with van der Waals surface area (Å²) in [7, 11) is -1.81. The molecule has 1 aliphatic heterocycles. The summed E-state index contributed by atoms with van der Waals surface area (Å²) in [5.41, 5.74) is 2.37. The largest absolute Gasteiger partial charge is 0.411 e. The van der Waals surface area contributed by atoms with E-state index in [9.17, 15) is 18.0 Å². The Morgan fingerprint density at radius 3 is 2.55 bits per heavy atom. The van der Waals surface area contributed by atoms with E-state index in [0.29, 0.717) is 36.4 Å². The number of fused-ring (bicyclic) bond motifs is 1. The molecule has 3 N–H and O–H groups in total. The molecule has 4 rings (SSSR count). The lowest BCUT2D eigenvalue weighted by Gasteiger charge is -2.29. The predicted octanol–water partition coefficient (Wildman–Crippen LogP) is 1.63. The Morgan fingerprint density at radius 2 is 1.97 bits per heavy atom. The average Bonchev–Trinajstić information content (AvgIpc) is 3.05. The first-order valence-electron chi connectivity index (χ1n) is 9.44. The van der Waals surface area contributed by atoms with Crippen molar-refractivity contribution in [1.29, 1.82) is 0 Å². The van der Waals surface area contributed by atoms with Crippen LogP contribution in [0.3, 0.4) is 0 Å². The molecule has 10 nitrogen and oxygen atoms in total. The summed E-state index contributed by atoms with van der Waals surface area (Å²) in [6, 6.07) is 8.34. The van der Waals surface area contributed by atoms with Gasteiger partial charge in [0.1, 0.15) is 4.90 Å². The van der Waals surface area contributed by atoms with Crippen LogP contribution in [-0.4, -0.2) is 53.2 Å². The summed E-state index contributed by atoms with van der Waals surface area (Å²) in [4.78, 5) is 24.1. The van der Waals surface area contributed by atoms with Crippen LogP contribution in [0, 0.1) is 6.92 Å². The van der Waals surface area contributed by atoms with Crippen molar-refractivity contribution in [2.75, 3.05) is 18.4 Å². The van der Waals surface area contributed by atoms with Crippen LogP contribution in [0.4, 0.5) is 5.69 Å². The lowest BCUT2D eigenvalue weighted by atomic mass is 10.2. The molecule has 0 bridgehead atoms. The number of hydrogen-bond acceptors (Lipinski definition) is 6. The van der Waals surface area contributed by atoms with Gasteiger partial charge >= 0.3 is 0 Å². The van der Waals surface area contributed by atoms with Crippen molar-refractivity contribution < 1.29 is 18.4 Å². The Bertz CT molecular complexity index is 1290. The number of nitrogens with zero attached hydrogens (tertiary/aromatic N) is 3. The van der Waals surface area contributed by atoms with Crippen molar-refractivity contribution in [3.8, 4) is 0 Å². The van der Waals surface area contributed by atoms with E-state index in [2.05, 4.69) is 15.5 Å². The maximum atomic E-state index is 12.6. The molecule has 11 heteroatoms. The van der Waals surface area contributed by atoms with E-state index in [1.54, 1.807) is 31.4 Å². The van der Waals surface area contributed by atoms with Gasteiger partial charge in [0.2, 0.25) is 16.4 Å². The number of amides is 1. The molecular weight excluding hydrogens is 422 g/mol. The second kappa shape index (κ2) is 9.14. The molecule has 1 saturated heterocycles. The number of carbonyl (C=O) groups is 1. The molecule has 0 aliphatic carbocycles. The maximum absolute atomic E-state index is 12.6. The second-order valence-electron chi connectivity index (χ2n) is 7.08. The highest BCUT2D eigenvalue weighted by Crippen LogP contribution is 2.29. The number of benzene rings is 1. The molecule has 0 saturated carbocycles.